The predicted molar refractivity (Wildman–Crippen MR) is 31.8 cm³/mol. The third-order valence-corrected chi connectivity index (χ3v) is 0.985. The number of nitrogens with two attached hydrogens (primary N) is 1. The van der Waals surface area contributed by atoms with E-state index in [9.17, 15) is 4.39 Å². The minimum absolute atomic E-state index is 0.0770. The zero-order chi connectivity index (χ0) is 7.28. The second kappa shape index (κ2) is 4.67. The lowest BCUT2D eigenvalue weighted by Gasteiger charge is -2.15. The lowest BCUT2D eigenvalue weighted by molar-refractivity contribution is -0.140. The van der Waals surface area contributed by atoms with Crippen LogP contribution in [0.25, 0.3) is 0 Å². The summed E-state index contributed by atoms with van der Waals surface area (Å²) in [6.45, 7) is -0.0770. The Kier molecular flexibility index (Phi) is 4.57. The normalized spacial score (nSPS) is 14.3. The van der Waals surface area contributed by atoms with Gasteiger partial charge in [0.05, 0.1) is 0 Å². The minimum Gasteiger partial charge on any atom is -0.353 e. The van der Waals surface area contributed by atoms with Gasteiger partial charge in [0.1, 0.15) is 0 Å². The Morgan fingerprint density at radius 3 is 2.00 bits per heavy atom. The van der Waals surface area contributed by atoms with Gasteiger partial charge in [0.15, 0.2) is 12.5 Å². The number of halogens is 1. The highest BCUT2D eigenvalue weighted by Gasteiger charge is 2.17. The Morgan fingerprint density at radius 1 is 1.44 bits per heavy atom. The molecule has 1 atom stereocenters. The van der Waals surface area contributed by atoms with Crippen molar-refractivity contribution in [2.24, 2.45) is 5.73 Å². The van der Waals surface area contributed by atoms with E-state index in [0.29, 0.717) is 0 Å². The van der Waals surface area contributed by atoms with Crippen molar-refractivity contribution >= 4 is 0 Å². The molecule has 56 valence electrons. The van der Waals surface area contributed by atoms with Crippen LogP contribution in [0.5, 0.6) is 0 Å². The van der Waals surface area contributed by atoms with Crippen LogP contribution >= 0.6 is 0 Å². The van der Waals surface area contributed by atoms with Gasteiger partial charge in [0.2, 0.25) is 0 Å². The predicted octanol–water partition coefficient (Wildman–Crippen LogP) is -0.0979. The van der Waals surface area contributed by atoms with E-state index in [4.69, 9.17) is 5.73 Å². The topological polar surface area (TPSA) is 44.5 Å². The van der Waals surface area contributed by atoms with Crippen molar-refractivity contribution < 1.29 is 13.9 Å². The lowest BCUT2D eigenvalue weighted by Crippen LogP contribution is -2.32. The zero-order valence-electron chi connectivity index (χ0n) is 5.63. The van der Waals surface area contributed by atoms with E-state index in [2.05, 4.69) is 9.47 Å². The summed E-state index contributed by atoms with van der Waals surface area (Å²) in [5, 5.41) is 0. The second-order valence-corrected chi connectivity index (χ2v) is 1.59. The van der Waals surface area contributed by atoms with E-state index in [1.165, 1.54) is 14.2 Å². The van der Waals surface area contributed by atoms with E-state index in [1.54, 1.807) is 0 Å². The highest BCUT2D eigenvalue weighted by atomic mass is 19.1. The fraction of sp³-hybridized carbons (Fsp3) is 1.00. The number of hydrogen-bond donors (Lipinski definition) is 1. The Labute approximate surface area is 53.9 Å². The maximum Gasteiger partial charge on any atom is 0.189 e. The van der Waals surface area contributed by atoms with Crippen LogP contribution in [0.15, 0.2) is 0 Å². The first kappa shape index (κ1) is 8.81. The van der Waals surface area contributed by atoms with Gasteiger partial charge in [-0.1, -0.05) is 0 Å². The number of methoxy groups -OCH3 is 2. The molecule has 0 aromatic rings. The van der Waals surface area contributed by atoms with Gasteiger partial charge < -0.3 is 15.2 Å². The van der Waals surface area contributed by atoms with Crippen LogP contribution in [0.3, 0.4) is 0 Å². The maximum absolute atomic E-state index is 12.4. The van der Waals surface area contributed by atoms with Crippen LogP contribution in [0.2, 0.25) is 0 Å². The average Bonchev–Trinajstić information content (AvgIpc) is 1.90. The minimum atomic E-state index is -1.24. The van der Waals surface area contributed by atoms with Crippen molar-refractivity contribution in [1.82, 2.24) is 0 Å². The van der Waals surface area contributed by atoms with Crippen LogP contribution in [-0.2, 0) is 9.47 Å². The third-order valence-electron chi connectivity index (χ3n) is 0.985. The molecule has 0 aliphatic carbocycles. The smallest absolute Gasteiger partial charge is 0.189 e. The molecule has 0 radical (unpaired) electrons. The van der Waals surface area contributed by atoms with E-state index in [-0.39, 0.29) is 6.54 Å². The van der Waals surface area contributed by atoms with Crippen molar-refractivity contribution in [3.05, 3.63) is 0 Å². The Bertz CT molecular complexity index is 68.0. The highest BCUT2D eigenvalue weighted by molar-refractivity contribution is 4.59. The molecule has 0 saturated carbocycles. The summed E-state index contributed by atoms with van der Waals surface area (Å²) in [6.07, 6.45) is -2.06. The van der Waals surface area contributed by atoms with Gasteiger partial charge in [-0.2, -0.15) is 0 Å². The van der Waals surface area contributed by atoms with Crippen LogP contribution in [0, 0.1) is 0 Å². The van der Waals surface area contributed by atoms with Crippen molar-refractivity contribution in [2.75, 3.05) is 20.8 Å². The lowest BCUT2D eigenvalue weighted by atomic mass is 10.4. The number of alkyl halides is 1. The van der Waals surface area contributed by atoms with Gasteiger partial charge >= 0.3 is 0 Å². The molecular weight excluding hydrogens is 125 g/mol. The van der Waals surface area contributed by atoms with Crippen LogP contribution in [0.1, 0.15) is 0 Å². The van der Waals surface area contributed by atoms with Crippen molar-refractivity contribution in [3.8, 4) is 0 Å². The van der Waals surface area contributed by atoms with Crippen molar-refractivity contribution in [1.29, 1.82) is 0 Å². The summed E-state index contributed by atoms with van der Waals surface area (Å²) >= 11 is 0. The molecule has 2 N–H and O–H groups in total. The van der Waals surface area contributed by atoms with Crippen LogP contribution in [0.4, 0.5) is 4.39 Å². The molecule has 0 spiro atoms. The first-order valence-corrected chi connectivity index (χ1v) is 2.66. The molecule has 0 bridgehead atoms. The van der Waals surface area contributed by atoms with Crippen LogP contribution < -0.4 is 5.73 Å². The van der Waals surface area contributed by atoms with E-state index >= 15 is 0 Å². The summed E-state index contributed by atoms with van der Waals surface area (Å²) in [4.78, 5) is 0. The van der Waals surface area contributed by atoms with E-state index in [1.807, 2.05) is 0 Å². The van der Waals surface area contributed by atoms with Gasteiger partial charge in [-0.3, -0.25) is 0 Å². The maximum atomic E-state index is 12.4. The standard InChI is InChI=1S/C5H12FNO2/c1-8-5(9-2)4(6)3-7/h4-5H,3,7H2,1-2H3. The molecule has 0 aromatic heterocycles. The molecule has 0 aliphatic rings. The monoisotopic (exact) mass is 137 g/mol. The SMILES string of the molecule is COC(OC)C(F)CN. The second-order valence-electron chi connectivity index (χ2n) is 1.59. The molecule has 3 nitrogen and oxygen atoms in total. The van der Waals surface area contributed by atoms with Gasteiger partial charge in [-0.25, -0.2) is 4.39 Å². The third kappa shape index (κ3) is 2.74. The highest BCUT2D eigenvalue weighted by Crippen LogP contribution is 2.00. The fourth-order valence-electron chi connectivity index (χ4n) is 0.503. The molecule has 0 amide bonds. The van der Waals surface area contributed by atoms with Crippen molar-refractivity contribution in [2.45, 2.75) is 12.5 Å². The number of ether oxygens (including phenoxy) is 2. The molecule has 0 heterocycles. The molecule has 1 unspecified atom stereocenters. The fourth-order valence-corrected chi connectivity index (χ4v) is 0.503. The van der Waals surface area contributed by atoms with Gasteiger partial charge in [0.25, 0.3) is 0 Å². The summed E-state index contributed by atoms with van der Waals surface area (Å²) in [5.41, 5.74) is 4.99. The molecule has 0 fully saturated rings. The molecular formula is C5H12FNO2. The van der Waals surface area contributed by atoms with Crippen LogP contribution in [-0.4, -0.2) is 33.2 Å². The summed E-state index contributed by atoms with van der Waals surface area (Å²) in [5.74, 6) is 0. The first-order valence-electron chi connectivity index (χ1n) is 2.66. The summed E-state index contributed by atoms with van der Waals surface area (Å²) in [6, 6.07) is 0. The molecule has 0 saturated heterocycles. The quantitative estimate of drug-likeness (QED) is 0.550. The van der Waals surface area contributed by atoms with E-state index < -0.39 is 12.5 Å². The van der Waals surface area contributed by atoms with Gasteiger partial charge in [-0.15, -0.1) is 0 Å². The molecule has 9 heavy (non-hydrogen) atoms. The van der Waals surface area contributed by atoms with E-state index in [0.717, 1.165) is 0 Å². The number of hydrogen-bond acceptors (Lipinski definition) is 3. The van der Waals surface area contributed by atoms with Crippen molar-refractivity contribution in [3.63, 3.8) is 0 Å². The Hall–Kier alpha value is -0.190. The van der Waals surface area contributed by atoms with Gasteiger partial charge in [-0.05, 0) is 0 Å². The number of rotatable bonds is 4. The van der Waals surface area contributed by atoms with Gasteiger partial charge in [0, 0.05) is 20.8 Å². The molecule has 0 aliphatic heterocycles. The first-order chi connectivity index (χ1) is 4.26. The summed E-state index contributed by atoms with van der Waals surface area (Å²) in [7, 11) is 2.74. The Balaban J connectivity index is 3.50. The molecule has 0 rings (SSSR count). The molecule has 4 heteroatoms. The summed E-state index contributed by atoms with van der Waals surface area (Å²) < 4.78 is 21.6. The average molecular weight is 137 g/mol. The Morgan fingerprint density at radius 2 is 1.89 bits per heavy atom. The molecule has 0 aromatic carbocycles. The largest absolute Gasteiger partial charge is 0.353 e. The zero-order valence-corrected chi connectivity index (χ0v) is 5.63.